The fourth-order valence-corrected chi connectivity index (χ4v) is 1.67. The summed E-state index contributed by atoms with van der Waals surface area (Å²) in [5.74, 6) is -0.141. The van der Waals surface area contributed by atoms with E-state index in [0.717, 1.165) is 0 Å². The maximum atomic E-state index is 11.8. The number of furan rings is 1. The van der Waals surface area contributed by atoms with Crippen molar-refractivity contribution in [3.63, 3.8) is 0 Å². The molecule has 5 heteroatoms. The predicted molar refractivity (Wildman–Crippen MR) is 78.8 cm³/mol. The molecular weight excluding hydrogens is 270 g/mol. The summed E-state index contributed by atoms with van der Waals surface area (Å²) in [5.41, 5.74) is 0.916. The van der Waals surface area contributed by atoms with Crippen LogP contribution in [0.2, 0.25) is 0 Å². The number of hydrogen-bond acceptors (Lipinski definition) is 4. The van der Waals surface area contributed by atoms with Crippen LogP contribution in [0, 0.1) is 0 Å². The van der Waals surface area contributed by atoms with Crippen LogP contribution in [0.25, 0.3) is 6.08 Å². The first-order valence-electron chi connectivity index (χ1n) is 6.49. The highest BCUT2D eigenvalue weighted by Crippen LogP contribution is 2.12. The van der Waals surface area contributed by atoms with Gasteiger partial charge in [0.25, 0.3) is 0 Å². The summed E-state index contributed by atoms with van der Waals surface area (Å²) < 4.78 is 9.99. The highest BCUT2D eigenvalue weighted by Gasteiger charge is 2.07. The average Bonchev–Trinajstić information content (AvgIpc) is 2.99. The van der Waals surface area contributed by atoms with Gasteiger partial charge in [0.15, 0.2) is 0 Å². The second-order valence-electron chi connectivity index (χ2n) is 4.14. The summed E-state index contributed by atoms with van der Waals surface area (Å²) >= 11 is 0. The third-order valence-corrected chi connectivity index (χ3v) is 2.58. The molecule has 1 aromatic carbocycles. The molecule has 2 aromatic rings. The van der Waals surface area contributed by atoms with Crippen LogP contribution in [0.15, 0.2) is 53.2 Å². The van der Waals surface area contributed by atoms with Crippen molar-refractivity contribution in [2.45, 2.75) is 6.92 Å². The van der Waals surface area contributed by atoms with E-state index in [4.69, 9.17) is 9.15 Å². The first kappa shape index (κ1) is 14.6. The third-order valence-electron chi connectivity index (χ3n) is 2.58. The lowest BCUT2D eigenvalue weighted by Gasteiger charge is -2.05. The zero-order valence-electron chi connectivity index (χ0n) is 11.5. The smallest absolute Gasteiger partial charge is 0.338 e. The number of esters is 1. The predicted octanol–water partition coefficient (Wildman–Crippen LogP) is 3.11. The molecular formula is C16H15NO4. The van der Waals surface area contributed by atoms with Gasteiger partial charge in [-0.15, -0.1) is 0 Å². The molecule has 1 amide bonds. The first-order chi connectivity index (χ1) is 10.2. The topological polar surface area (TPSA) is 68.5 Å². The van der Waals surface area contributed by atoms with Crippen molar-refractivity contribution in [2.24, 2.45) is 0 Å². The molecule has 0 aliphatic carbocycles. The van der Waals surface area contributed by atoms with Gasteiger partial charge in [-0.3, -0.25) is 4.79 Å². The van der Waals surface area contributed by atoms with E-state index in [1.54, 1.807) is 49.4 Å². The van der Waals surface area contributed by atoms with Gasteiger partial charge in [-0.2, -0.15) is 0 Å². The Kier molecular flexibility index (Phi) is 4.93. The van der Waals surface area contributed by atoms with Crippen molar-refractivity contribution in [1.29, 1.82) is 0 Å². The minimum Gasteiger partial charge on any atom is -0.465 e. The summed E-state index contributed by atoms with van der Waals surface area (Å²) in [7, 11) is 0. The molecule has 0 saturated heterocycles. The maximum Gasteiger partial charge on any atom is 0.338 e. The van der Waals surface area contributed by atoms with Crippen LogP contribution in [0.4, 0.5) is 5.69 Å². The number of benzene rings is 1. The largest absolute Gasteiger partial charge is 0.465 e. The number of carbonyl (C=O) groups is 2. The van der Waals surface area contributed by atoms with Crippen molar-refractivity contribution in [3.05, 3.63) is 60.1 Å². The summed E-state index contributed by atoms with van der Waals surface area (Å²) in [6.45, 7) is 2.05. The molecule has 0 bridgehead atoms. The van der Waals surface area contributed by atoms with Gasteiger partial charge in [-0.1, -0.05) is 6.07 Å². The zero-order chi connectivity index (χ0) is 15.1. The Hall–Kier alpha value is -2.82. The van der Waals surface area contributed by atoms with Crippen molar-refractivity contribution < 1.29 is 18.7 Å². The SMILES string of the molecule is CCOC(=O)c1cccc(NC(=O)C=Cc2ccco2)c1. The van der Waals surface area contributed by atoms with Crippen LogP contribution in [-0.2, 0) is 9.53 Å². The quantitative estimate of drug-likeness (QED) is 0.677. The molecule has 108 valence electrons. The number of rotatable bonds is 5. The molecule has 2 rings (SSSR count). The first-order valence-corrected chi connectivity index (χ1v) is 6.49. The molecule has 1 heterocycles. The van der Waals surface area contributed by atoms with Gasteiger partial charge in [0.2, 0.25) is 5.91 Å². The number of ether oxygens (including phenoxy) is 1. The Morgan fingerprint density at radius 2 is 2.14 bits per heavy atom. The summed E-state index contributed by atoms with van der Waals surface area (Å²) in [6.07, 6.45) is 4.45. The minimum atomic E-state index is -0.417. The fourth-order valence-electron chi connectivity index (χ4n) is 1.67. The fraction of sp³-hybridized carbons (Fsp3) is 0.125. The Morgan fingerprint density at radius 3 is 2.86 bits per heavy atom. The van der Waals surface area contributed by atoms with E-state index in [9.17, 15) is 9.59 Å². The molecule has 0 unspecified atom stereocenters. The van der Waals surface area contributed by atoms with E-state index in [0.29, 0.717) is 23.6 Å². The number of hydrogen-bond donors (Lipinski definition) is 1. The number of carbonyl (C=O) groups excluding carboxylic acids is 2. The Bertz CT molecular complexity index is 644. The van der Waals surface area contributed by atoms with Gasteiger partial charge in [0, 0.05) is 11.8 Å². The van der Waals surface area contributed by atoms with Crippen LogP contribution >= 0.6 is 0 Å². The van der Waals surface area contributed by atoms with Crippen molar-refractivity contribution in [2.75, 3.05) is 11.9 Å². The van der Waals surface area contributed by atoms with Crippen molar-refractivity contribution >= 4 is 23.6 Å². The minimum absolute atomic E-state index is 0.307. The number of anilines is 1. The van der Waals surface area contributed by atoms with Crippen molar-refractivity contribution in [3.8, 4) is 0 Å². The Morgan fingerprint density at radius 1 is 1.29 bits per heavy atom. The Labute approximate surface area is 122 Å². The Balaban J connectivity index is 2.00. The van der Waals surface area contributed by atoms with E-state index >= 15 is 0 Å². The molecule has 0 aliphatic rings. The molecule has 1 N–H and O–H groups in total. The molecule has 5 nitrogen and oxygen atoms in total. The second-order valence-corrected chi connectivity index (χ2v) is 4.14. The summed E-state index contributed by atoms with van der Waals surface area (Å²) in [6, 6.07) is 10.0. The number of amides is 1. The highest BCUT2D eigenvalue weighted by atomic mass is 16.5. The average molecular weight is 285 g/mol. The van der Waals surface area contributed by atoms with Gasteiger partial charge in [0.1, 0.15) is 5.76 Å². The van der Waals surface area contributed by atoms with Gasteiger partial charge < -0.3 is 14.5 Å². The molecule has 0 fully saturated rings. The lowest BCUT2D eigenvalue weighted by molar-refractivity contribution is -0.111. The van der Waals surface area contributed by atoms with Crippen LogP contribution in [0.1, 0.15) is 23.0 Å². The monoisotopic (exact) mass is 285 g/mol. The van der Waals surface area contributed by atoms with Gasteiger partial charge >= 0.3 is 5.97 Å². The van der Waals surface area contributed by atoms with Crippen LogP contribution in [-0.4, -0.2) is 18.5 Å². The third kappa shape index (κ3) is 4.35. The molecule has 0 aliphatic heterocycles. The maximum absolute atomic E-state index is 11.8. The van der Waals surface area contributed by atoms with Crippen LogP contribution < -0.4 is 5.32 Å². The van der Waals surface area contributed by atoms with Gasteiger partial charge in [-0.25, -0.2) is 4.79 Å². The van der Waals surface area contributed by atoms with Crippen LogP contribution in [0.3, 0.4) is 0 Å². The van der Waals surface area contributed by atoms with E-state index in [2.05, 4.69) is 5.32 Å². The molecule has 0 atom stereocenters. The summed E-state index contributed by atoms with van der Waals surface area (Å²) in [5, 5.41) is 2.67. The number of nitrogens with one attached hydrogen (secondary N) is 1. The molecule has 21 heavy (non-hydrogen) atoms. The van der Waals surface area contributed by atoms with Gasteiger partial charge in [-0.05, 0) is 43.3 Å². The van der Waals surface area contributed by atoms with Crippen molar-refractivity contribution in [1.82, 2.24) is 0 Å². The molecule has 0 spiro atoms. The second kappa shape index (κ2) is 7.09. The van der Waals surface area contributed by atoms with E-state index in [1.807, 2.05) is 0 Å². The summed E-state index contributed by atoms with van der Waals surface area (Å²) in [4.78, 5) is 23.4. The lowest BCUT2D eigenvalue weighted by Crippen LogP contribution is -2.09. The lowest BCUT2D eigenvalue weighted by atomic mass is 10.2. The van der Waals surface area contributed by atoms with E-state index in [1.165, 1.54) is 12.3 Å². The normalized spacial score (nSPS) is 10.5. The molecule has 1 aromatic heterocycles. The van der Waals surface area contributed by atoms with Crippen LogP contribution in [0.5, 0.6) is 0 Å². The highest BCUT2D eigenvalue weighted by molar-refractivity contribution is 6.02. The van der Waals surface area contributed by atoms with E-state index < -0.39 is 5.97 Å². The molecule has 0 radical (unpaired) electrons. The standard InChI is InChI=1S/C16H15NO4/c1-2-20-16(19)12-5-3-6-13(11-12)17-15(18)9-8-14-7-4-10-21-14/h3-11H,2H2,1H3,(H,17,18). The molecule has 0 saturated carbocycles. The zero-order valence-corrected chi connectivity index (χ0v) is 11.5. The van der Waals surface area contributed by atoms with Gasteiger partial charge in [0.05, 0.1) is 18.4 Å². The van der Waals surface area contributed by atoms with E-state index in [-0.39, 0.29) is 5.91 Å².